The average Bonchev–Trinajstić information content (AvgIpc) is 2.54. The third-order valence-electron chi connectivity index (χ3n) is 4.52. The van der Waals surface area contributed by atoms with Gasteiger partial charge in [0, 0.05) is 20.2 Å². The monoisotopic (exact) mass is 340 g/mol. The third-order valence-corrected chi connectivity index (χ3v) is 5.82. The van der Waals surface area contributed by atoms with Crippen molar-refractivity contribution in [1.29, 1.82) is 0 Å². The molecule has 1 aliphatic rings. The minimum absolute atomic E-state index is 0.0619. The Bertz CT molecular complexity index is 581. The third kappa shape index (κ3) is 6.22. The van der Waals surface area contributed by atoms with E-state index >= 15 is 0 Å². The fraction of sp³-hybridized carbons (Fsp3) is 0.647. The van der Waals surface area contributed by atoms with Gasteiger partial charge in [-0.05, 0) is 49.9 Å². The fourth-order valence-corrected chi connectivity index (χ4v) is 4.23. The van der Waals surface area contributed by atoms with Gasteiger partial charge in [0.1, 0.15) is 0 Å². The molecule has 0 spiro atoms. The second kappa shape index (κ2) is 8.78. The van der Waals surface area contributed by atoms with Crippen molar-refractivity contribution in [2.45, 2.75) is 25.5 Å². The lowest BCUT2D eigenvalue weighted by molar-refractivity contribution is 0.121. The van der Waals surface area contributed by atoms with Crippen LogP contribution in [-0.2, 0) is 20.5 Å². The van der Waals surface area contributed by atoms with Crippen LogP contribution >= 0.6 is 0 Å². The molecule has 0 bridgehead atoms. The normalized spacial score (nSPS) is 17.5. The summed E-state index contributed by atoms with van der Waals surface area (Å²) in [5.41, 5.74) is 1.89. The summed E-state index contributed by atoms with van der Waals surface area (Å²) in [6.45, 7) is 6.25. The summed E-state index contributed by atoms with van der Waals surface area (Å²) in [7, 11) is -1.55. The van der Waals surface area contributed by atoms with E-state index < -0.39 is 10.0 Å². The van der Waals surface area contributed by atoms with Crippen LogP contribution in [0.5, 0.6) is 0 Å². The van der Waals surface area contributed by atoms with Crippen LogP contribution in [-0.4, -0.2) is 53.2 Å². The second-order valence-electron chi connectivity index (χ2n) is 6.31. The maximum Gasteiger partial charge on any atom is 0.215 e. The first-order valence-corrected chi connectivity index (χ1v) is 9.88. The average molecular weight is 340 g/mol. The molecule has 0 aromatic heterocycles. The van der Waals surface area contributed by atoms with Crippen molar-refractivity contribution in [2.75, 3.05) is 39.9 Å². The van der Waals surface area contributed by atoms with Crippen molar-refractivity contribution in [3.63, 3.8) is 0 Å². The minimum Gasteiger partial charge on any atom is -0.383 e. The maximum atomic E-state index is 12.3. The smallest absolute Gasteiger partial charge is 0.215 e. The van der Waals surface area contributed by atoms with E-state index in [-0.39, 0.29) is 5.75 Å². The van der Waals surface area contributed by atoms with Gasteiger partial charge in [-0.3, -0.25) is 0 Å². The summed E-state index contributed by atoms with van der Waals surface area (Å²) in [5, 5.41) is 0. The molecule has 1 aliphatic heterocycles. The molecule has 0 unspecified atom stereocenters. The van der Waals surface area contributed by atoms with Crippen molar-refractivity contribution in [3.05, 3.63) is 35.4 Å². The molecule has 0 aliphatic carbocycles. The highest BCUT2D eigenvalue weighted by molar-refractivity contribution is 7.88. The molecule has 2 rings (SSSR count). The van der Waals surface area contributed by atoms with Gasteiger partial charge in [-0.15, -0.1) is 0 Å². The van der Waals surface area contributed by atoms with Gasteiger partial charge in [0.2, 0.25) is 10.0 Å². The topological polar surface area (TPSA) is 58.6 Å². The quantitative estimate of drug-likeness (QED) is 0.784. The number of nitrogens with one attached hydrogen (secondary N) is 1. The molecule has 6 heteroatoms. The highest BCUT2D eigenvalue weighted by atomic mass is 32.2. The van der Waals surface area contributed by atoms with Crippen LogP contribution in [0.2, 0.25) is 0 Å². The van der Waals surface area contributed by atoms with Gasteiger partial charge in [0.15, 0.2) is 0 Å². The Morgan fingerprint density at radius 1 is 1.26 bits per heavy atom. The molecule has 0 atom stereocenters. The summed E-state index contributed by atoms with van der Waals surface area (Å²) in [6.07, 6.45) is 2.08. The summed E-state index contributed by atoms with van der Waals surface area (Å²) in [5.74, 6) is 0.493. The van der Waals surface area contributed by atoms with Crippen LogP contribution in [0.1, 0.15) is 24.0 Å². The summed E-state index contributed by atoms with van der Waals surface area (Å²) >= 11 is 0. The molecule has 130 valence electrons. The van der Waals surface area contributed by atoms with Crippen molar-refractivity contribution in [3.8, 4) is 0 Å². The van der Waals surface area contributed by atoms with Gasteiger partial charge in [0.25, 0.3) is 0 Å². The van der Waals surface area contributed by atoms with Crippen LogP contribution in [0.15, 0.2) is 24.3 Å². The number of piperidine rings is 1. The predicted molar refractivity (Wildman–Crippen MR) is 92.8 cm³/mol. The molecule has 1 fully saturated rings. The Labute approximate surface area is 140 Å². The number of ether oxygens (including phenoxy) is 1. The van der Waals surface area contributed by atoms with Gasteiger partial charge in [-0.25, -0.2) is 13.1 Å². The zero-order valence-corrected chi connectivity index (χ0v) is 14.9. The number of likely N-dealkylation sites (tertiary alicyclic amines) is 1. The van der Waals surface area contributed by atoms with Crippen molar-refractivity contribution in [1.82, 2.24) is 9.62 Å². The molecule has 5 nitrogen and oxygen atoms in total. The molecule has 23 heavy (non-hydrogen) atoms. The number of hydrogen-bond donors (Lipinski definition) is 1. The lowest BCUT2D eigenvalue weighted by Crippen LogP contribution is -2.40. The SMILES string of the molecule is COCCN1CCC(CNS(=O)(=O)Cc2ccccc2C)CC1. The molecule has 1 heterocycles. The first kappa shape index (κ1) is 18.4. The number of methoxy groups -OCH3 is 1. The van der Waals surface area contributed by atoms with E-state index in [2.05, 4.69) is 9.62 Å². The molecule has 0 amide bonds. The molecular formula is C17H28N2O3S. The first-order valence-electron chi connectivity index (χ1n) is 8.23. The van der Waals surface area contributed by atoms with E-state index in [0.717, 1.165) is 50.2 Å². The number of hydrogen-bond acceptors (Lipinski definition) is 4. The molecule has 0 radical (unpaired) electrons. The lowest BCUT2D eigenvalue weighted by atomic mass is 9.97. The zero-order chi connectivity index (χ0) is 16.7. The predicted octanol–water partition coefficient (Wildman–Crippen LogP) is 1.77. The maximum absolute atomic E-state index is 12.3. The lowest BCUT2D eigenvalue weighted by Gasteiger charge is -2.31. The van der Waals surface area contributed by atoms with E-state index in [1.54, 1.807) is 7.11 Å². The van der Waals surface area contributed by atoms with E-state index in [4.69, 9.17) is 4.74 Å². The molecule has 1 aromatic rings. The van der Waals surface area contributed by atoms with Crippen LogP contribution < -0.4 is 4.72 Å². The molecule has 1 saturated heterocycles. The van der Waals surface area contributed by atoms with Gasteiger partial charge in [-0.2, -0.15) is 0 Å². The van der Waals surface area contributed by atoms with E-state index in [1.807, 2.05) is 31.2 Å². The Morgan fingerprint density at radius 3 is 2.61 bits per heavy atom. The Hall–Kier alpha value is -0.950. The number of rotatable bonds is 8. The van der Waals surface area contributed by atoms with E-state index in [9.17, 15) is 8.42 Å². The van der Waals surface area contributed by atoms with Crippen LogP contribution in [0.3, 0.4) is 0 Å². The Kier molecular flexibility index (Phi) is 7.02. The van der Waals surface area contributed by atoms with Gasteiger partial charge >= 0.3 is 0 Å². The van der Waals surface area contributed by atoms with Gasteiger partial charge in [0.05, 0.1) is 12.4 Å². The van der Waals surface area contributed by atoms with E-state index in [1.165, 1.54) is 0 Å². The van der Waals surface area contributed by atoms with Crippen LogP contribution in [0.25, 0.3) is 0 Å². The van der Waals surface area contributed by atoms with Crippen LogP contribution in [0.4, 0.5) is 0 Å². The zero-order valence-electron chi connectivity index (χ0n) is 14.1. The summed E-state index contributed by atoms with van der Waals surface area (Å²) < 4.78 is 32.4. The van der Waals surface area contributed by atoms with Crippen molar-refractivity contribution >= 4 is 10.0 Å². The molecular weight excluding hydrogens is 312 g/mol. The number of nitrogens with zero attached hydrogens (tertiary/aromatic N) is 1. The molecule has 0 saturated carbocycles. The second-order valence-corrected chi connectivity index (χ2v) is 8.12. The van der Waals surface area contributed by atoms with Crippen LogP contribution in [0, 0.1) is 12.8 Å². The highest BCUT2D eigenvalue weighted by Crippen LogP contribution is 2.17. The molecule has 1 aromatic carbocycles. The standard InChI is InChI=1S/C17H28N2O3S/c1-15-5-3-4-6-17(15)14-23(20,21)18-13-16-7-9-19(10-8-16)11-12-22-2/h3-6,16,18H,7-14H2,1-2H3. The number of benzene rings is 1. The van der Waals surface area contributed by atoms with E-state index in [0.29, 0.717) is 12.5 Å². The highest BCUT2D eigenvalue weighted by Gasteiger charge is 2.21. The van der Waals surface area contributed by atoms with Gasteiger partial charge in [-0.1, -0.05) is 24.3 Å². The van der Waals surface area contributed by atoms with Gasteiger partial charge < -0.3 is 9.64 Å². The largest absolute Gasteiger partial charge is 0.383 e. The van der Waals surface area contributed by atoms with Crippen molar-refractivity contribution in [2.24, 2.45) is 5.92 Å². The summed E-state index contributed by atoms with van der Waals surface area (Å²) in [6, 6.07) is 7.63. The number of sulfonamides is 1. The molecule has 1 N–H and O–H groups in total. The Morgan fingerprint density at radius 2 is 1.96 bits per heavy atom. The minimum atomic E-state index is -3.27. The fourth-order valence-electron chi connectivity index (χ4n) is 2.91. The number of aryl methyl sites for hydroxylation is 1. The Balaban J connectivity index is 1.76. The first-order chi connectivity index (χ1) is 11.0. The summed E-state index contributed by atoms with van der Waals surface area (Å²) in [4.78, 5) is 2.38. The van der Waals surface area contributed by atoms with Crippen molar-refractivity contribution < 1.29 is 13.2 Å².